The molecule has 0 amide bonds. The minimum Gasteiger partial charge on any atom is -0.390 e. The lowest BCUT2D eigenvalue weighted by Crippen LogP contribution is -2.35. The molecule has 1 aliphatic rings. The Balaban J connectivity index is 1.58. The van der Waals surface area contributed by atoms with Crippen molar-refractivity contribution in [2.75, 3.05) is 24.3 Å². The van der Waals surface area contributed by atoms with E-state index in [1.165, 1.54) is 5.39 Å². The molecule has 0 spiro atoms. The highest BCUT2D eigenvalue weighted by Crippen LogP contribution is 2.35. The summed E-state index contributed by atoms with van der Waals surface area (Å²) in [5.74, 6) is 0.787. The molecule has 160 valence electrons. The van der Waals surface area contributed by atoms with E-state index in [-0.39, 0.29) is 12.0 Å². The molecule has 0 bridgehead atoms. The largest absolute Gasteiger partial charge is 0.390 e. The van der Waals surface area contributed by atoms with Gasteiger partial charge < -0.3 is 20.4 Å². The number of hydrogen-bond donors (Lipinski definition) is 3. The monoisotopic (exact) mass is 417 g/mol. The zero-order valence-electron chi connectivity index (χ0n) is 17.9. The summed E-state index contributed by atoms with van der Waals surface area (Å²) >= 11 is 0. The molecule has 4 aromatic rings. The molecule has 3 N–H and O–H groups in total. The first kappa shape index (κ1) is 19.8. The van der Waals surface area contributed by atoms with Gasteiger partial charge in [0.1, 0.15) is 11.9 Å². The molecule has 5 rings (SSSR count). The normalized spacial score (nSPS) is 23.5. The topological polar surface area (TPSA) is 85.9 Å². The molecule has 0 radical (unpaired) electrons. The number of aliphatic hydroxyl groups excluding tert-OH is 2. The van der Waals surface area contributed by atoms with E-state index in [4.69, 9.17) is 5.10 Å². The van der Waals surface area contributed by atoms with Crippen LogP contribution in [0.1, 0.15) is 13.3 Å². The van der Waals surface area contributed by atoms with E-state index in [1.54, 1.807) is 10.7 Å². The predicted octanol–water partition coefficient (Wildman–Crippen LogP) is 3.16. The molecule has 2 aromatic carbocycles. The summed E-state index contributed by atoms with van der Waals surface area (Å²) in [5.41, 5.74) is 3.76. The highest BCUT2D eigenvalue weighted by molar-refractivity contribution is 6.03. The van der Waals surface area contributed by atoms with E-state index < -0.39 is 12.2 Å². The lowest BCUT2D eigenvalue weighted by molar-refractivity contribution is 0.0210. The van der Waals surface area contributed by atoms with Crippen molar-refractivity contribution < 1.29 is 10.2 Å². The minimum atomic E-state index is -0.809. The molecule has 1 fully saturated rings. The van der Waals surface area contributed by atoms with E-state index in [0.717, 1.165) is 33.8 Å². The third-order valence-electron chi connectivity index (χ3n) is 6.32. The number of nitrogens with one attached hydrogen (secondary N) is 1. The molecule has 7 heteroatoms. The fourth-order valence-electron chi connectivity index (χ4n) is 4.62. The maximum absolute atomic E-state index is 10.4. The van der Waals surface area contributed by atoms with Crippen LogP contribution < -0.4 is 10.2 Å². The van der Waals surface area contributed by atoms with E-state index in [0.29, 0.717) is 6.42 Å². The molecular formula is C24H27N5O2. The zero-order chi connectivity index (χ0) is 21.7. The highest BCUT2D eigenvalue weighted by Gasteiger charge is 2.39. The Morgan fingerprint density at radius 2 is 1.81 bits per heavy atom. The van der Waals surface area contributed by atoms with Gasteiger partial charge in [0.2, 0.25) is 0 Å². The quantitative estimate of drug-likeness (QED) is 0.473. The molecule has 0 unspecified atom stereocenters. The van der Waals surface area contributed by atoms with Gasteiger partial charge in [-0.05, 0) is 29.9 Å². The van der Waals surface area contributed by atoms with Gasteiger partial charge in [0, 0.05) is 43.0 Å². The number of nitrogens with zero attached hydrogens (tertiary/aromatic N) is 4. The first-order chi connectivity index (χ1) is 14.9. The smallest absolute Gasteiger partial charge is 0.157 e. The molecule has 2 aromatic heterocycles. The molecular weight excluding hydrogens is 390 g/mol. The van der Waals surface area contributed by atoms with Crippen LogP contribution in [-0.4, -0.2) is 57.2 Å². The van der Waals surface area contributed by atoms with E-state index in [9.17, 15) is 10.2 Å². The van der Waals surface area contributed by atoms with Crippen molar-refractivity contribution in [3.8, 4) is 11.3 Å². The second-order valence-electron chi connectivity index (χ2n) is 8.65. The first-order valence-electron chi connectivity index (χ1n) is 10.6. The van der Waals surface area contributed by atoms with Crippen LogP contribution in [0.4, 0.5) is 11.5 Å². The molecule has 0 aliphatic heterocycles. The van der Waals surface area contributed by atoms with E-state index in [1.807, 2.05) is 39.2 Å². The van der Waals surface area contributed by atoms with Gasteiger partial charge in [0.15, 0.2) is 5.65 Å². The van der Waals surface area contributed by atoms with Crippen molar-refractivity contribution in [1.29, 1.82) is 0 Å². The zero-order valence-corrected chi connectivity index (χ0v) is 17.9. The van der Waals surface area contributed by atoms with Gasteiger partial charge in [-0.1, -0.05) is 37.3 Å². The number of rotatable bonds is 4. The summed E-state index contributed by atoms with van der Waals surface area (Å²) in [5, 5.41) is 31.0. The molecule has 31 heavy (non-hydrogen) atoms. The average molecular weight is 418 g/mol. The van der Waals surface area contributed by atoms with Gasteiger partial charge in [0.05, 0.1) is 17.8 Å². The van der Waals surface area contributed by atoms with Crippen LogP contribution in [-0.2, 0) is 0 Å². The Bertz CT molecular complexity index is 1250. The van der Waals surface area contributed by atoms with Crippen LogP contribution in [0.15, 0.2) is 54.7 Å². The number of aliphatic hydroxyl groups is 2. The van der Waals surface area contributed by atoms with Crippen molar-refractivity contribution >= 4 is 27.9 Å². The molecule has 1 saturated carbocycles. The third-order valence-corrected chi connectivity index (χ3v) is 6.32. The third kappa shape index (κ3) is 3.30. The minimum absolute atomic E-state index is 0.0413. The predicted molar refractivity (Wildman–Crippen MR) is 123 cm³/mol. The van der Waals surface area contributed by atoms with Crippen LogP contribution in [0.25, 0.3) is 27.7 Å². The van der Waals surface area contributed by atoms with Gasteiger partial charge in [-0.2, -0.15) is 9.61 Å². The molecule has 1 aliphatic carbocycles. The van der Waals surface area contributed by atoms with Gasteiger partial charge in [-0.25, -0.2) is 4.98 Å². The van der Waals surface area contributed by atoms with Gasteiger partial charge in [0.25, 0.3) is 0 Å². The Labute approximate surface area is 181 Å². The first-order valence-corrected chi connectivity index (χ1v) is 10.6. The van der Waals surface area contributed by atoms with E-state index in [2.05, 4.69) is 45.5 Å². The van der Waals surface area contributed by atoms with Crippen molar-refractivity contribution in [2.24, 2.45) is 5.92 Å². The Hall–Kier alpha value is -3.16. The van der Waals surface area contributed by atoms with Gasteiger partial charge in [-0.3, -0.25) is 0 Å². The summed E-state index contributed by atoms with van der Waals surface area (Å²) in [6.45, 7) is 1.95. The van der Waals surface area contributed by atoms with Gasteiger partial charge >= 0.3 is 0 Å². The highest BCUT2D eigenvalue weighted by atomic mass is 16.3. The number of fused-ring (bicyclic) bond motifs is 2. The van der Waals surface area contributed by atoms with Crippen molar-refractivity contribution in [3.05, 3.63) is 54.7 Å². The fraction of sp³-hybridized carbons (Fsp3) is 0.333. The SMILES string of the molecule is C[C@@H]1C[C@@H](Nc2ccnc3cc(-c4ccc(N(C)C)c5ccccc45)nn23)[C@H](O)[C@@H]1O. The number of anilines is 2. The van der Waals surface area contributed by atoms with E-state index >= 15 is 0 Å². The second kappa shape index (κ2) is 7.51. The van der Waals surface area contributed by atoms with Crippen LogP contribution in [0.2, 0.25) is 0 Å². The summed E-state index contributed by atoms with van der Waals surface area (Å²) < 4.78 is 1.77. The maximum atomic E-state index is 10.4. The van der Waals surface area contributed by atoms with Crippen LogP contribution in [0.3, 0.4) is 0 Å². The number of aromatic nitrogens is 3. The molecule has 4 atom stereocenters. The van der Waals surface area contributed by atoms with Crippen LogP contribution in [0.5, 0.6) is 0 Å². The standard InChI is InChI=1S/C24H27N5O2/c1-14-12-19(24(31)23(14)30)26-21-10-11-25-22-13-18(27-29(21)22)16-8-9-20(28(2)3)17-7-5-4-6-15(16)17/h4-11,13-14,19,23-24,26,30-31H,12H2,1-3H3/t14-,19-,23-,24+/m1/s1. The van der Waals surface area contributed by atoms with Crippen molar-refractivity contribution in [1.82, 2.24) is 14.6 Å². The Morgan fingerprint density at radius 3 is 2.52 bits per heavy atom. The van der Waals surface area contributed by atoms with Crippen molar-refractivity contribution in [2.45, 2.75) is 31.6 Å². The summed E-state index contributed by atoms with van der Waals surface area (Å²) in [7, 11) is 4.09. The van der Waals surface area contributed by atoms with Crippen molar-refractivity contribution in [3.63, 3.8) is 0 Å². The van der Waals surface area contributed by atoms with Crippen LogP contribution >= 0.6 is 0 Å². The molecule has 2 heterocycles. The Kier molecular flexibility index (Phi) is 4.79. The molecule has 7 nitrogen and oxygen atoms in total. The second-order valence-corrected chi connectivity index (χ2v) is 8.65. The number of benzene rings is 2. The summed E-state index contributed by atoms with van der Waals surface area (Å²) in [6, 6.07) is 16.1. The van der Waals surface area contributed by atoms with Crippen LogP contribution in [0, 0.1) is 5.92 Å². The summed E-state index contributed by atoms with van der Waals surface area (Å²) in [4.78, 5) is 6.59. The lowest BCUT2D eigenvalue weighted by atomic mass is 10.0. The fourth-order valence-corrected chi connectivity index (χ4v) is 4.62. The number of hydrogen-bond acceptors (Lipinski definition) is 6. The van der Waals surface area contributed by atoms with Gasteiger partial charge in [-0.15, -0.1) is 0 Å². The maximum Gasteiger partial charge on any atom is 0.157 e. The molecule has 0 saturated heterocycles. The Morgan fingerprint density at radius 1 is 1.03 bits per heavy atom. The average Bonchev–Trinajstić information content (AvgIpc) is 3.30. The summed E-state index contributed by atoms with van der Waals surface area (Å²) in [6.07, 6.45) is 0.898. The lowest BCUT2D eigenvalue weighted by Gasteiger charge is -2.19.